The summed E-state index contributed by atoms with van der Waals surface area (Å²) in [5.41, 5.74) is 2.72. The van der Waals surface area contributed by atoms with E-state index in [4.69, 9.17) is 23.2 Å². The molecular weight excluding hydrogens is 361 g/mol. The number of nitrogens with one attached hydrogen (secondary N) is 2. The normalized spacial score (nSPS) is 12.2. The van der Waals surface area contributed by atoms with E-state index in [-0.39, 0.29) is 11.9 Å². The number of aryl methyl sites for hydroxylation is 1. The second-order valence-electron chi connectivity index (χ2n) is 5.56. The zero-order valence-electron chi connectivity index (χ0n) is 13.8. The third kappa shape index (κ3) is 3.70. The van der Waals surface area contributed by atoms with Crippen molar-refractivity contribution in [1.82, 2.24) is 25.3 Å². The number of carbonyl (C=O) groups excluding carboxylic acids is 1. The molecule has 1 atom stereocenters. The van der Waals surface area contributed by atoms with Crippen LogP contribution in [0.15, 0.2) is 36.5 Å². The van der Waals surface area contributed by atoms with Crippen LogP contribution in [0.2, 0.25) is 10.0 Å². The molecule has 0 spiro atoms. The molecule has 2 N–H and O–H groups in total. The maximum absolute atomic E-state index is 12.5. The van der Waals surface area contributed by atoms with Gasteiger partial charge in [-0.3, -0.25) is 14.6 Å². The quantitative estimate of drug-likeness (QED) is 0.702. The first-order chi connectivity index (χ1) is 12.0. The predicted molar refractivity (Wildman–Crippen MR) is 97.8 cm³/mol. The van der Waals surface area contributed by atoms with E-state index in [1.807, 2.05) is 24.6 Å². The van der Waals surface area contributed by atoms with Crippen LogP contribution in [0, 0.1) is 0 Å². The summed E-state index contributed by atoms with van der Waals surface area (Å²) in [4.78, 5) is 12.5. The Morgan fingerprint density at radius 1 is 1.28 bits per heavy atom. The standard InChI is InChI=1S/C17H17Cl2N5O/c1-3-24-16(6-7-20-24)10(2)21-17(25)15-9-14(22-23-15)11-4-5-12(18)13(19)8-11/h4-10H,3H2,1-2H3,(H,21,25)(H,22,23). The summed E-state index contributed by atoms with van der Waals surface area (Å²) in [7, 11) is 0. The lowest BCUT2D eigenvalue weighted by atomic mass is 10.1. The Morgan fingerprint density at radius 2 is 2.08 bits per heavy atom. The number of aromatic amines is 1. The van der Waals surface area contributed by atoms with E-state index in [0.29, 0.717) is 21.4 Å². The van der Waals surface area contributed by atoms with Crippen molar-refractivity contribution in [2.45, 2.75) is 26.4 Å². The third-order valence-electron chi connectivity index (χ3n) is 3.88. The van der Waals surface area contributed by atoms with Gasteiger partial charge in [0.2, 0.25) is 0 Å². The molecule has 2 aromatic heterocycles. The second kappa shape index (κ2) is 7.29. The summed E-state index contributed by atoms with van der Waals surface area (Å²) in [6, 6.07) is 8.60. The Labute approximate surface area is 155 Å². The number of halogens is 2. The number of aromatic nitrogens is 4. The first kappa shape index (κ1) is 17.5. The number of H-pyrrole nitrogens is 1. The van der Waals surface area contributed by atoms with Crippen LogP contribution < -0.4 is 5.32 Å². The number of hydrogen-bond donors (Lipinski definition) is 2. The summed E-state index contributed by atoms with van der Waals surface area (Å²) in [5.74, 6) is -0.241. The minimum absolute atomic E-state index is 0.174. The number of rotatable bonds is 5. The second-order valence-corrected chi connectivity index (χ2v) is 6.38. The molecule has 3 aromatic rings. The highest BCUT2D eigenvalue weighted by Crippen LogP contribution is 2.27. The van der Waals surface area contributed by atoms with Crippen LogP contribution >= 0.6 is 23.2 Å². The van der Waals surface area contributed by atoms with Gasteiger partial charge in [0.15, 0.2) is 0 Å². The molecule has 6 nitrogen and oxygen atoms in total. The van der Waals surface area contributed by atoms with E-state index in [9.17, 15) is 4.79 Å². The topological polar surface area (TPSA) is 75.6 Å². The molecule has 0 radical (unpaired) electrons. The van der Waals surface area contributed by atoms with Crippen LogP contribution in [0.25, 0.3) is 11.3 Å². The lowest BCUT2D eigenvalue weighted by Crippen LogP contribution is -2.28. The van der Waals surface area contributed by atoms with Crippen molar-refractivity contribution in [3.8, 4) is 11.3 Å². The van der Waals surface area contributed by atoms with Gasteiger partial charge in [0.05, 0.1) is 27.5 Å². The molecular formula is C17H17Cl2N5O. The number of carbonyl (C=O) groups is 1. The molecule has 0 saturated heterocycles. The lowest BCUT2D eigenvalue weighted by Gasteiger charge is -2.14. The van der Waals surface area contributed by atoms with Crippen LogP contribution in [0.5, 0.6) is 0 Å². The predicted octanol–water partition coefficient (Wildman–Crippen LogP) is 4.09. The van der Waals surface area contributed by atoms with Crippen molar-refractivity contribution in [1.29, 1.82) is 0 Å². The van der Waals surface area contributed by atoms with Gasteiger partial charge >= 0.3 is 0 Å². The number of nitrogens with zero attached hydrogens (tertiary/aromatic N) is 3. The highest BCUT2D eigenvalue weighted by molar-refractivity contribution is 6.42. The minimum Gasteiger partial charge on any atom is -0.343 e. The van der Waals surface area contributed by atoms with E-state index in [1.165, 1.54) is 0 Å². The Kier molecular flexibility index (Phi) is 5.11. The maximum Gasteiger partial charge on any atom is 0.269 e. The average molecular weight is 378 g/mol. The van der Waals surface area contributed by atoms with Crippen molar-refractivity contribution < 1.29 is 4.79 Å². The Hall–Kier alpha value is -2.31. The summed E-state index contributed by atoms with van der Waals surface area (Å²) in [6.07, 6.45) is 1.72. The maximum atomic E-state index is 12.5. The van der Waals surface area contributed by atoms with E-state index >= 15 is 0 Å². The van der Waals surface area contributed by atoms with Gasteiger partial charge in [-0.15, -0.1) is 0 Å². The smallest absolute Gasteiger partial charge is 0.269 e. The molecule has 0 aliphatic heterocycles. The zero-order chi connectivity index (χ0) is 18.0. The largest absolute Gasteiger partial charge is 0.343 e. The van der Waals surface area contributed by atoms with Gasteiger partial charge in [0.1, 0.15) is 5.69 Å². The SMILES string of the molecule is CCn1nccc1C(C)NC(=O)c1cc(-c2ccc(Cl)c(Cl)c2)n[nH]1. The van der Waals surface area contributed by atoms with Crippen molar-refractivity contribution in [2.24, 2.45) is 0 Å². The zero-order valence-corrected chi connectivity index (χ0v) is 15.3. The van der Waals surface area contributed by atoms with Crippen LogP contribution in [0.1, 0.15) is 36.1 Å². The number of amides is 1. The molecule has 2 heterocycles. The first-order valence-electron chi connectivity index (χ1n) is 7.83. The molecule has 1 unspecified atom stereocenters. The van der Waals surface area contributed by atoms with Gasteiger partial charge in [0, 0.05) is 18.3 Å². The Morgan fingerprint density at radius 3 is 2.80 bits per heavy atom. The summed E-state index contributed by atoms with van der Waals surface area (Å²) in [5, 5.41) is 15.0. The molecule has 0 saturated carbocycles. The molecule has 130 valence electrons. The summed E-state index contributed by atoms with van der Waals surface area (Å²) < 4.78 is 1.85. The highest BCUT2D eigenvalue weighted by Gasteiger charge is 2.17. The van der Waals surface area contributed by atoms with Gasteiger partial charge in [-0.2, -0.15) is 10.2 Å². The molecule has 0 aliphatic rings. The molecule has 8 heteroatoms. The first-order valence-corrected chi connectivity index (χ1v) is 8.58. The lowest BCUT2D eigenvalue weighted by molar-refractivity contribution is 0.0933. The Bertz CT molecular complexity index is 902. The van der Waals surface area contributed by atoms with Crippen LogP contribution in [0.3, 0.4) is 0 Å². The van der Waals surface area contributed by atoms with E-state index < -0.39 is 0 Å². The molecule has 1 amide bonds. The molecule has 0 bridgehead atoms. The van der Waals surface area contributed by atoms with Crippen LogP contribution in [-0.4, -0.2) is 25.9 Å². The van der Waals surface area contributed by atoms with Crippen molar-refractivity contribution in [3.05, 3.63) is 58.0 Å². The van der Waals surface area contributed by atoms with E-state index in [1.54, 1.807) is 30.5 Å². The van der Waals surface area contributed by atoms with Gasteiger partial charge in [0.25, 0.3) is 5.91 Å². The minimum atomic E-state index is -0.241. The van der Waals surface area contributed by atoms with Crippen LogP contribution in [-0.2, 0) is 6.54 Å². The fourth-order valence-electron chi connectivity index (χ4n) is 2.56. The van der Waals surface area contributed by atoms with Gasteiger partial charge in [-0.25, -0.2) is 0 Å². The van der Waals surface area contributed by atoms with Gasteiger partial charge in [-0.05, 0) is 38.1 Å². The van der Waals surface area contributed by atoms with E-state index in [0.717, 1.165) is 17.8 Å². The number of benzene rings is 1. The van der Waals surface area contributed by atoms with E-state index in [2.05, 4.69) is 20.6 Å². The summed E-state index contributed by atoms with van der Waals surface area (Å²) >= 11 is 12.0. The molecule has 0 fully saturated rings. The monoisotopic (exact) mass is 377 g/mol. The Balaban J connectivity index is 1.75. The average Bonchev–Trinajstić information content (AvgIpc) is 3.26. The fraction of sp³-hybridized carbons (Fsp3) is 0.235. The number of hydrogen-bond acceptors (Lipinski definition) is 3. The highest BCUT2D eigenvalue weighted by atomic mass is 35.5. The third-order valence-corrected chi connectivity index (χ3v) is 4.62. The van der Waals surface area contributed by atoms with Crippen molar-refractivity contribution in [3.63, 3.8) is 0 Å². The van der Waals surface area contributed by atoms with Crippen molar-refractivity contribution in [2.75, 3.05) is 0 Å². The summed E-state index contributed by atoms with van der Waals surface area (Å²) in [6.45, 7) is 4.66. The molecule has 0 aliphatic carbocycles. The van der Waals surface area contributed by atoms with Gasteiger partial charge in [-0.1, -0.05) is 29.3 Å². The van der Waals surface area contributed by atoms with Gasteiger partial charge < -0.3 is 5.32 Å². The van der Waals surface area contributed by atoms with Crippen molar-refractivity contribution >= 4 is 29.1 Å². The molecule has 25 heavy (non-hydrogen) atoms. The fourth-order valence-corrected chi connectivity index (χ4v) is 2.86. The van der Waals surface area contributed by atoms with Crippen LogP contribution in [0.4, 0.5) is 0 Å². The molecule has 3 rings (SSSR count). The molecule has 1 aromatic carbocycles.